The van der Waals surface area contributed by atoms with E-state index in [0.29, 0.717) is 22.3 Å². The van der Waals surface area contributed by atoms with Crippen LogP contribution in [-0.2, 0) is 9.59 Å². The third-order valence-corrected chi connectivity index (χ3v) is 4.05. The highest BCUT2D eigenvalue weighted by Gasteiger charge is 2.28. The van der Waals surface area contributed by atoms with Gasteiger partial charge in [-0.25, -0.2) is 4.98 Å². The topological polar surface area (TPSA) is 69.0 Å². The molecule has 0 N–H and O–H groups in total. The van der Waals surface area contributed by atoms with Crippen molar-refractivity contribution in [3.8, 4) is 0 Å². The second kappa shape index (κ2) is 5.65. The Morgan fingerprint density at radius 2 is 2.14 bits per heavy atom. The number of halogens is 1. The van der Waals surface area contributed by atoms with Crippen molar-refractivity contribution >= 4 is 34.1 Å². The lowest BCUT2D eigenvalue weighted by atomic mass is 10.1. The fourth-order valence-corrected chi connectivity index (χ4v) is 2.95. The zero-order valence-corrected chi connectivity index (χ0v) is 12.8. The summed E-state index contributed by atoms with van der Waals surface area (Å²) in [4.78, 5) is 41.2. The Balaban J connectivity index is 2.26. The number of aryl methyl sites for hydroxylation is 1. The predicted octanol–water partition coefficient (Wildman–Crippen LogP) is 2.61. The molecule has 1 heterocycles. The molecule has 5 nitrogen and oxygen atoms in total. The van der Waals surface area contributed by atoms with Crippen LogP contribution in [-0.4, -0.2) is 21.1 Å². The van der Waals surface area contributed by atoms with E-state index in [0.717, 1.165) is 4.57 Å². The Kier molecular flexibility index (Phi) is 3.50. The van der Waals surface area contributed by atoms with Gasteiger partial charge in [-0.15, -0.1) is 0 Å². The van der Waals surface area contributed by atoms with Crippen molar-refractivity contribution in [3.05, 3.63) is 39.4 Å². The van der Waals surface area contributed by atoms with E-state index in [4.69, 9.17) is 13.0 Å². The van der Waals surface area contributed by atoms with Crippen molar-refractivity contribution in [2.24, 2.45) is 0 Å². The fraction of sp³-hybridized carbons (Fsp3) is 0.375. The standard InChI is InChI=1S/C16H15ClN2O3/c1-9-18-13-7-10(17)5-6-12(13)16(22)19(9)14-4-2-3-11(20)8-15(14)21/h5-7,14H,2-4,8H2,1H3/i14D. The Bertz CT molecular complexity index is 893. The number of hydrogen-bond acceptors (Lipinski definition) is 4. The van der Waals surface area contributed by atoms with Gasteiger partial charge in [-0.05, 0) is 38.0 Å². The van der Waals surface area contributed by atoms with Gasteiger partial charge in [0.25, 0.3) is 5.56 Å². The summed E-state index contributed by atoms with van der Waals surface area (Å²) in [6, 6.07) is 2.90. The lowest BCUT2D eigenvalue weighted by Gasteiger charge is -2.19. The van der Waals surface area contributed by atoms with Crippen LogP contribution >= 0.6 is 11.6 Å². The number of ketones is 2. The third kappa shape index (κ3) is 2.57. The van der Waals surface area contributed by atoms with E-state index in [1.807, 2.05) is 0 Å². The Morgan fingerprint density at radius 3 is 2.91 bits per heavy atom. The molecule has 1 saturated carbocycles. The number of hydrogen-bond donors (Lipinski definition) is 0. The zero-order valence-electron chi connectivity index (χ0n) is 13.1. The van der Waals surface area contributed by atoms with Crippen LogP contribution in [0.2, 0.25) is 5.02 Å². The minimum absolute atomic E-state index is 0.124. The molecule has 0 radical (unpaired) electrons. The fourth-order valence-electron chi connectivity index (χ4n) is 2.79. The molecule has 114 valence electrons. The summed E-state index contributed by atoms with van der Waals surface area (Å²) in [6.07, 6.45) is 0.475. The third-order valence-electron chi connectivity index (χ3n) is 3.82. The van der Waals surface area contributed by atoms with Gasteiger partial charge in [0.05, 0.1) is 24.7 Å². The van der Waals surface area contributed by atoms with Gasteiger partial charge in [-0.2, -0.15) is 0 Å². The molecule has 1 aliphatic rings. The van der Waals surface area contributed by atoms with Crippen molar-refractivity contribution in [2.45, 2.75) is 38.6 Å². The second-order valence-electron chi connectivity index (χ2n) is 5.40. The molecule has 22 heavy (non-hydrogen) atoms. The maximum absolute atomic E-state index is 12.8. The molecule has 6 heteroatoms. The molecule has 3 rings (SSSR count). The zero-order chi connectivity index (χ0) is 16.8. The molecule has 1 atom stereocenters. The average Bonchev–Trinajstić information content (AvgIpc) is 2.58. The van der Waals surface area contributed by atoms with Crippen LogP contribution in [0.4, 0.5) is 0 Å². The molecule has 1 aromatic heterocycles. The first kappa shape index (κ1) is 13.6. The highest BCUT2D eigenvalue weighted by Crippen LogP contribution is 2.24. The number of Topliss-reactive ketones (excluding diaryl/α,β-unsaturated/α-hetero) is 2. The van der Waals surface area contributed by atoms with Crippen LogP contribution in [0.15, 0.2) is 23.0 Å². The normalized spacial score (nSPS) is 23.5. The summed E-state index contributed by atoms with van der Waals surface area (Å²) >= 11 is 5.92. The van der Waals surface area contributed by atoms with Crippen LogP contribution in [0.1, 0.15) is 38.9 Å². The van der Waals surface area contributed by atoms with Crippen molar-refractivity contribution in [1.29, 1.82) is 0 Å². The maximum Gasteiger partial charge on any atom is 0.262 e. The van der Waals surface area contributed by atoms with Crippen LogP contribution in [0.3, 0.4) is 0 Å². The molecule has 0 spiro atoms. The first-order chi connectivity index (χ1) is 10.8. The van der Waals surface area contributed by atoms with E-state index in [2.05, 4.69) is 4.98 Å². The van der Waals surface area contributed by atoms with E-state index in [1.54, 1.807) is 25.1 Å². The van der Waals surface area contributed by atoms with Crippen LogP contribution < -0.4 is 5.56 Å². The van der Waals surface area contributed by atoms with Crippen molar-refractivity contribution < 1.29 is 11.0 Å². The van der Waals surface area contributed by atoms with Crippen molar-refractivity contribution in [1.82, 2.24) is 9.55 Å². The van der Waals surface area contributed by atoms with Crippen LogP contribution in [0.25, 0.3) is 10.9 Å². The Hall–Kier alpha value is -2.01. The molecule has 0 amide bonds. The SMILES string of the molecule is [2H]C1(n2c(C)nc3cc(Cl)ccc3c2=O)CCCC(=O)CC1=O. The molecule has 1 fully saturated rings. The van der Waals surface area contributed by atoms with Gasteiger partial charge in [0, 0.05) is 11.4 Å². The van der Waals surface area contributed by atoms with Crippen LogP contribution in [0.5, 0.6) is 0 Å². The minimum atomic E-state index is -1.78. The quantitative estimate of drug-likeness (QED) is 0.598. The molecular weight excluding hydrogens is 304 g/mol. The van der Waals surface area contributed by atoms with E-state index in [-0.39, 0.29) is 30.9 Å². The van der Waals surface area contributed by atoms with Gasteiger partial charge in [0.2, 0.25) is 0 Å². The summed E-state index contributed by atoms with van der Waals surface area (Å²) in [5, 5.41) is 0.758. The Morgan fingerprint density at radius 1 is 1.36 bits per heavy atom. The second-order valence-corrected chi connectivity index (χ2v) is 5.84. The first-order valence-corrected chi connectivity index (χ1v) is 7.45. The summed E-state index contributed by atoms with van der Waals surface area (Å²) in [6.45, 7) is 1.58. The van der Waals surface area contributed by atoms with Gasteiger partial charge < -0.3 is 0 Å². The number of nitrogens with zero attached hydrogens (tertiary/aromatic N) is 2. The van der Waals surface area contributed by atoms with E-state index < -0.39 is 17.4 Å². The smallest absolute Gasteiger partial charge is 0.262 e. The predicted molar refractivity (Wildman–Crippen MR) is 83.3 cm³/mol. The van der Waals surface area contributed by atoms with Crippen LogP contribution in [0, 0.1) is 6.92 Å². The lowest BCUT2D eigenvalue weighted by molar-refractivity contribution is -0.127. The summed E-state index contributed by atoms with van der Waals surface area (Å²) in [5.74, 6) is -0.474. The molecule has 0 aliphatic heterocycles. The van der Waals surface area contributed by atoms with E-state index in [9.17, 15) is 14.4 Å². The van der Waals surface area contributed by atoms with Crippen molar-refractivity contribution in [2.75, 3.05) is 0 Å². The van der Waals surface area contributed by atoms with Crippen molar-refractivity contribution in [3.63, 3.8) is 0 Å². The number of fused-ring (bicyclic) bond motifs is 1. The number of aromatic nitrogens is 2. The van der Waals surface area contributed by atoms with E-state index >= 15 is 0 Å². The minimum Gasteiger partial charge on any atom is -0.299 e. The highest BCUT2D eigenvalue weighted by molar-refractivity contribution is 6.31. The molecular formula is C16H15ClN2O3. The summed E-state index contributed by atoms with van der Waals surface area (Å²) < 4.78 is 9.71. The monoisotopic (exact) mass is 319 g/mol. The van der Waals surface area contributed by atoms with Gasteiger partial charge in [-0.3, -0.25) is 19.0 Å². The van der Waals surface area contributed by atoms with Gasteiger partial charge in [-0.1, -0.05) is 11.6 Å². The van der Waals surface area contributed by atoms with Gasteiger partial charge in [0.1, 0.15) is 11.6 Å². The van der Waals surface area contributed by atoms with Gasteiger partial charge in [0.15, 0.2) is 5.78 Å². The Labute approximate surface area is 133 Å². The maximum atomic E-state index is 12.8. The lowest BCUT2D eigenvalue weighted by Crippen LogP contribution is -2.32. The summed E-state index contributed by atoms with van der Waals surface area (Å²) in [7, 11) is 0. The van der Waals surface area contributed by atoms with Gasteiger partial charge >= 0.3 is 0 Å². The molecule has 1 unspecified atom stereocenters. The average molecular weight is 320 g/mol. The highest BCUT2D eigenvalue weighted by atomic mass is 35.5. The first-order valence-electron chi connectivity index (χ1n) is 7.57. The molecule has 1 aliphatic carbocycles. The largest absolute Gasteiger partial charge is 0.299 e. The number of benzene rings is 1. The molecule has 0 saturated heterocycles. The number of rotatable bonds is 1. The number of carbonyl (C=O) groups is 2. The molecule has 2 aromatic rings. The summed E-state index contributed by atoms with van der Waals surface area (Å²) in [5.41, 5.74) is -0.0288. The van der Waals surface area contributed by atoms with E-state index in [1.165, 1.54) is 0 Å². The molecule has 1 aromatic carbocycles. The number of carbonyl (C=O) groups excluding carboxylic acids is 2. The molecule has 0 bridgehead atoms.